The average Bonchev–Trinajstić information content (AvgIpc) is 2.43. The molecule has 1 aromatic carbocycles. The van der Waals surface area contributed by atoms with Crippen LogP contribution in [0.15, 0.2) is 42.6 Å². The van der Waals surface area contributed by atoms with E-state index in [1.165, 1.54) is 5.56 Å². The van der Waals surface area contributed by atoms with E-state index in [0.29, 0.717) is 11.1 Å². The van der Waals surface area contributed by atoms with Gasteiger partial charge in [-0.15, -0.1) is 0 Å². The van der Waals surface area contributed by atoms with E-state index < -0.39 is 0 Å². The molecule has 0 radical (unpaired) electrons. The van der Waals surface area contributed by atoms with Crippen LogP contribution in [0.2, 0.25) is 5.15 Å². The Kier molecular flexibility index (Phi) is 4.80. The first kappa shape index (κ1) is 13.9. The van der Waals surface area contributed by atoms with Crippen molar-refractivity contribution in [3.8, 4) is 0 Å². The Bertz CT molecular complexity index is 526. The van der Waals surface area contributed by atoms with Crippen molar-refractivity contribution in [2.24, 2.45) is 0 Å². The number of aryl methyl sites for hydroxylation is 1. The lowest BCUT2D eigenvalue weighted by Gasteiger charge is -2.13. The molecule has 0 aliphatic rings. The quantitative estimate of drug-likeness (QED) is 0.803. The van der Waals surface area contributed by atoms with Crippen LogP contribution >= 0.6 is 11.6 Å². The number of anilines is 1. The van der Waals surface area contributed by atoms with Crippen molar-refractivity contribution in [2.45, 2.75) is 26.2 Å². The highest BCUT2D eigenvalue weighted by Gasteiger charge is 2.04. The van der Waals surface area contributed by atoms with Crippen LogP contribution < -0.4 is 5.32 Å². The number of hydrogen-bond donors (Lipinski definition) is 1. The molecule has 1 atom stereocenters. The van der Waals surface area contributed by atoms with Crippen molar-refractivity contribution < 1.29 is 0 Å². The Morgan fingerprint density at radius 2 is 2.00 bits per heavy atom. The summed E-state index contributed by atoms with van der Waals surface area (Å²) in [7, 11) is 0. The van der Waals surface area contributed by atoms with Crippen LogP contribution in [0.25, 0.3) is 0 Å². The summed E-state index contributed by atoms with van der Waals surface area (Å²) in [6.45, 7) is 5.15. The fourth-order valence-corrected chi connectivity index (χ4v) is 2.14. The zero-order valence-corrected chi connectivity index (χ0v) is 12.1. The predicted octanol–water partition coefficient (Wildman–Crippen LogP) is 4.65. The molecular weight excluding hydrogens is 256 g/mol. The lowest BCUT2D eigenvalue weighted by atomic mass is 9.98. The molecule has 100 valence electrons. The van der Waals surface area contributed by atoms with Crippen LogP contribution in [0.1, 0.15) is 30.4 Å². The molecule has 0 aliphatic carbocycles. The minimum Gasteiger partial charge on any atom is -0.384 e. The van der Waals surface area contributed by atoms with Crippen LogP contribution in [0.5, 0.6) is 0 Å². The van der Waals surface area contributed by atoms with E-state index in [1.54, 1.807) is 6.20 Å². The zero-order valence-electron chi connectivity index (χ0n) is 11.4. The Labute approximate surface area is 119 Å². The van der Waals surface area contributed by atoms with Crippen molar-refractivity contribution in [1.29, 1.82) is 0 Å². The van der Waals surface area contributed by atoms with Gasteiger partial charge in [0.2, 0.25) is 0 Å². The van der Waals surface area contributed by atoms with E-state index in [4.69, 9.17) is 11.6 Å². The fourth-order valence-electron chi connectivity index (χ4n) is 2.04. The molecule has 1 N–H and O–H groups in total. The number of pyridine rings is 1. The molecule has 0 spiro atoms. The molecule has 1 unspecified atom stereocenters. The maximum absolute atomic E-state index is 5.91. The summed E-state index contributed by atoms with van der Waals surface area (Å²) in [5.41, 5.74) is 3.42. The van der Waals surface area contributed by atoms with Gasteiger partial charge in [-0.3, -0.25) is 0 Å². The second-order valence-corrected chi connectivity index (χ2v) is 5.22. The highest BCUT2D eigenvalue weighted by Crippen LogP contribution is 2.20. The molecule has 3 heteroatoms. The number of hydrogen-bond acceptors (Lipinski definition) is 2. The van der Waals surface area contributed by atoms with Gasteiger partial charge in [-0.25, -0.2) is 4.98 Å². The molecule has 0 amide bonds. The monoisotopic (exact) mass is 274 g/mol. The molecule has 19 heavy (non-hydrogen) atoms. The third-order valence-corrected chi connectivity index (χ3v) is 3.69. The molecule has 0 saturated carbocycles. The molecule has 0 bridgehead atoms. The summed E-state index contributed by atoms with van der Waals surface area (Å²) in [5.74, 6) is 0.551. The zero-order chi connectivity index (χ0) is 13.7. The van der Waals surface area contributed by atoms with Crippen molar-refractivity contribution in [3.63, 3.8) is 0 Å². The molecule has 1 aromatic heterocycles. The maximum Gasteiger partial charge on any atom is 0.132 e. The SMILES string of the molecule is Cc1cc(NCCC(C)c2ccccc2)cnc1Cl. The minimum atomic E-state index is 0.551. The topological polar surface area (TPSA) is 24.9 Å². The first-order valence-electron chi connectivity index (χ1n) is 6.58. The second-order valence-electron chi connectivity index (χ2n) is 4.86. The van der Waals surface area contributed by atoms with Gasteiger partial charge in [0.05, 0.1) is 11.9 Å². The van der Waals surface area contributed by atoms with Crippen LogP contribution in [0, 0.1) is 6.92 Å². The third-order valence-electron chi connectivity index (χ3n) is 3.29. The summed E-state index contributed by atoms with van der Waals surface area (Å²) >= 11 is 5.91. The number of nitrogens with zero attached hydrogens (tertiary/aromatic N) is 1. The van der Waals surface area contributed by atoms with Gasteiger partial charge in [-0.05, 0) is 36.5 Å². The Balaban J connectivity index is 1.85. The van der Waals surface area contributed by atoms with E-state index in [0.717, 1.165) is 24.2 Å². The number of halogens is 1. The average molecular weight is 275 g/mol. The van der Waals surface area contributed by atoms with Gasteiger partial charge in [-0.1, -0.05) is 48.9 Å². The molecular formula is C16H19ClN2. The molecule has 0 saturated heterocycles. The van der Waals surface area contributed by atoms with E-state index in [1.807, 2.05) is 13.0 Å². The maximum atomic E-state index is 5.91. The Morgan fingerprint density at radius 1 is 1.26 bits per heavy atom. The molecule has 2 rings (SSSR count). The van der Waals surface area contributed by atoms with Crippen molar-refractivity contribution >= 4 is 17.3 Å². The largest absolute Gasteiger partial charge is 0.384 e. The molecule has 1 heterocycles. The third kappa shape index (κ3) is 3.97. The molecule has 0 fully saturated rings. The Hall–Kier alpha value is -1.54. The summed E-state index contributed by atoms with van der Waals surface area (Å²) in [6.07, 6.45) is 2.87. The van der Waals surface area contributed by atoms with E-state index >= 15 is 0 Å². The van der Waals surface area contributed by atoms with Gasteiger partial charge in [-0.2, -0.15) is 0 Å². The number of nitrogens with one attached hydrogen (secondary N) is 1. The number of aromatic nitrogens is 1. The van der Waals surface area contributed by atoms with Gasteiger partial charge in [0.25, 0.3) is 0 Å². The van der Waals surface area contributed by atoms with Crippen LogP contribution in [-0.4, -0.2) is 11.5 Å². The molecule has 0 aliphatic heterocycles. The van der Waals surface area contributed by atoms with Gasteiger partial charge >= 0.3 is 0 Å². The predicted molar refractivity (Wildman–Crippen MR) is 81.9 cm³/mol. The molecule has 2 aromatic rings. The van der Waals surface area contributed by atoms with E-state index in [9.17, 15) is 0 Å². The van der Waals surface area contributed by atoms with Crippen molar-refractivity contribution in [2.75, 3.05) is 11.9 Å². The van der Waals surface area contributed by atoms with Crippen molar-refractivity contribution in [1.82, 2.24) is 4.98 Å². The first-order chi connectivity index (χ1) is 9.16. The first-order valence-corrected chi connectivity index (χ1v) is 6.95. The second kappa shape index (κ2) is 6.58. The number of rotatable bonds is 5. The summed E-state index contributed by atoms with van der Waals surface area (Å²) in [6, 6.07) is 12.6. The Morgan fingerprint density at radius 3 is 2.68 bits per heavy atom. The summed E-state index contributed by atoms with van der Waals surface area (Å²) in [4.78, 5) is 4.14. The summed E-state index contributed by atoms with van der Waals surface area (Å²) < 4.78 is 0. The normalized spacial score (nSPS) is 12.2. The van der Waals surface area contributed by atoms with Gasteiger partial charge in [0.1, 0.15) is 5.15 Å². The van der Waals surface area contributed by atoms with Gasteiger partial charge in [0, 0.05) is 6.54 Å². The standard InChI is InChI=1S/C16H19ClN2/c1-12(14-6-4-3-5-7-14)8-9-18-15-10-13(2)16(17)19-11-15/h3-7,10-12,18H,8-9H2,1-2H3. The highest BCUT2D eigenvalue weighted by atomic mass is 35.5. The van der Waals surface area contributed by atoms with E-state index in [2.05, 4.69) is 47.6 Å². The van der Waals surface area contributed by atoms with Crippen molar-refractivity contribution in [3.05, 3.63) is 58.9 Å². The smallest absolute Gasteiger partial charge is 0.132 e. The molecule has 2 nitrogen and oxygen atoms in total. The highest BCUT2D eigenvalue weighted by molar-refractivity contribution is 6.30. The van der Waals surface area contributed by atoms with Crippen LogP contribution in [0.4, 0.5) is 5.69 Å². The fraction of sp³-hybridized carbons (Fsp3) is 0.312. The summed E-state index contributed by atoms with van der Waals surface area (Å²) in [5, 5.41) is 3.96. The number of benzene rings is 1. The van der Waals surface area contributed by atoms with Crippen LogP contribution in [-0.2, 0) is 0 Å². The van der Waals surface area contributed by atoms with Crippen LogP contribution in [0.3, 0.4) is 0 Å². The lowest BCUT2D eigenvalue weighted by molar-refractivity contribution is 0.706. The lowest BCUT2D eigenvalue weighted by Crippen LogP contribution is -2.06. The van der Waals surface area contributed by atoms with E-state index in [-0.39, 0.29) is 0 Å². The van der Waals surface area contributed by atoms with Gasteiger partial charge < -0.3 is 5.32 Å². The minimum absolute atomic E-state index is 0.551. The van der Waals surface area contributed by atoms with Gasteiger partial charge in [0.15, 0.2) is 0 Å².